The summed E-state index contributed by atoms with van der Waals surface area (Å²) in [6, 6.07) is 12.2. The molecule has 6 heteroatoms. The van der Waals surface area contributed by atoms with Crippen molar-refractivity contribution < 1.29 is 0 Å². The predicted octanol–water partition coefficient (Wildman–Crippen LogP) is 2.46. The lowest BCUT2D eigenvalue weighted by atomic mass is 10.2. The van der Waals surface area contributed by atoms with Crippen LogP contribution in [0.1, 0.15) is 18.1 Å². The first-order valence-corrected chi connectivity index (χ1v) is 9.20. The number of hydrogen-bond donors (Lipinski definition) is 2. The molecule has 1 aromatic carbocycles. The standard InChI is InChI=1S/C20H28N6/c1-3-25-9-11-26(12-10-25)19-8-7-17(14-22-19)15-23-20(21)24-18-6-4-5-16(2)13-18/h4-8,13-14H,3,9-12,15H2,1-2H3,(H3,21,23,24). The lowest BCUT2D eigenvalue weighted by molar-refractivity contribution is 0.270. The molecular formula is C20H28N6. The van der Waals surface area contributed by atoms with Crippen LogP contribution >= 0.6 is 0 Å². The molecule has 2 heterocycles. The van der Waals surface area contributed by atoms with Gasteiger partial charge in [0.05, 0.1) is 6.54 Å². The zero-order valence-electron chi connectivity index (χ0n) is 15.7. The second kappa shape index (κ2) is 8.67. The van der Waals surface area contributed by atoms with Crippen LogP contribution in [0.4, 0.5) is 11.5 Å². The summed E-state index contributed by atoms with van der Waals surface area (Å²) in [6.07, 6.45) is 1.89. The summed E-state index contributed by atoms with van der Waals surface area (Å²) in [5, 5.41) is 3.12. The van der Waals surface area contributed by atoms with Crippen molar-refractivity contribution in [3.05, 3.63) is 53.7 Å². The number of nitrogens with one attached hydrogen (secondary N) is 1. The van der Waals surface area contributed by atoms with Gasteiger partial charge >= 0.3 is 0 Å². The molecule has 138 valence electrons. The van der Waals surface area contributed by atoms with E-state index >= 15 is 0 Å². The van der Waals surface area contributed by atoms with Crippen molar-refractivity contribution in [2.45, 2.75) is 20.4 Å². The van der Waals surface area contributed by atoms with Gasteiger partial charge in [0.1, 0.15) is 5.82 Å². The zero-order valence-corrected chi connectivity index (χ0v) is 15.7. The number of nitrogens with two attached hydrogens (primary N) is 1. The number of rotatable bonds is 5. The van der Waals surface area contributed by atoms with E-state index in [1.54, 1.807) is 0 Å². The summed E-state index contributed by atoms with van der Waals surface area (Å²) in [5.41, 5.74) is 9.17. The predicted molar refractivity (Wildman–Crippen MR) is 109 cm³/mol. The molecule has 0 spiro atoms. The number of benzene rings is 1. The molecule has 1 aliphatic heterocycles. The number of likely N-dealkylation sites (N-methyl/N-ethyl adjacent to an activating group) is 1. The number of guanidine groups is 1. The molecule has 0 radical (unpaired) electrons. The maximum Gasteiger partial charge on any atom is 0.193 e. The number of piperazine rings is 1. The Balaban J connectivity index is 1.54. The summed E-state index contributed by atoms with van der Waals surface area (Å²) in [5.74, 6) is 1.45. The monoisotopic (exact) mass is 352 g/mol. The van der Waals surface area contributed by atoms with Gasteiger partial charge in [0.2, 0.25) is 0 Å². The third-order valence-corrected chi connectivity index (χ3v) is 4.68. The van der Waals surface area contributed by atoms with Gasteiger partial charge in [-0.15, -0.1) is 0 Å². The normalized spacial score (nSPS) is 15.9. The van der Waals surface area contributed by atoms with E-state index in [1.807, 2.05) is 37.4 Å². The SMILES string of the molecule is CCN1CCN(c2ccc(CN=C(N)Nc3cccc(C)c3)cn2)CC1. The van der Waals surface area contributed by atoms with Crippen molar-refractivity contribution in [2.24, 2.45) is 10.7 Å². The minimum atomic E-state index is 0.412. The highest BCUT2D eigenvalue weighted by Crippen LogP contribution is 2.14. The maximum atomic E-state index is 5.98. The Morgan fingerprint density at radius 1 is 1.19 bits per heavy atom. The van der Waals surface area contributed by atoms with E-state index < -0.39 is 0 Å². The van der Waals surface area contributed by atoms with Crippen LogP contribution in [-0.4, -0.2) is 48.6 Å². The summed E-state index contributed by atoms with van der Waals surface area (Å²) < 4.78 is 0. The molecule has 1 fully saturated rings. The second-order valence-electron chi connectivity index (χ2n) is 6.64. The number of hydrogen-bond acceptors (Lipinski definition) is 4. The van der Waals surface area contributed by atoms with Gasteiger partial charge in [-0.05, 0) is 42.8 Å². The molecule has 0 saturated carbocycles. The highest BCUT2D eigenvalue weighted by Gasteiger charge is 2.16. The molecule has 3 rings (SSSR count). The molecule has 0 unspecified atom stereocenters. The molecule has 2 aromatic rings. The molecule has 1 aromatic heterocycles. The largest absolute Gasteiger partial charge is 0.370 e. The molecule has 6 nitrogen and oxygen atoms in total. The fraction of sp³-hybridized carbons (Fsp3) is 0.400. The minimum Gasteiger partial charge on any atom is -0.370 e. The van der Waals surface area contributed by atoms with Gasteiger partial charge in [-0.3, -0.25) is 0 Å². The Bertz CT molecular complexity index is 732. The molecule has 3 N–H and O–H groups in total. The number of aromatic nitrogens is 1. The van der Waals surface area contributed by atoms with Crippen molar-refractivity contribution >= 4 is 17.5 Å². The van der Waals surface area contributed by atoms with Gasteiger partial charge in [-0.1, -0.05) is 25.1 Å². The number of nitrogens with zero attached hydrogens (tertiary/aromatic N) is 4. The zero-order chi connectivity index (χ0) is 18.4. The van der Waals surface area contributed by atoms with Crippen molar-refractivity contribution in [1.29, 1.82) is 0 Å². The highest BCUT2D eigenvalue weighted by atomic mass is 15.3. The van der Waals surface area contributed by atoms with Gasteiger partial charge < -0.3 is 20.9 Å². The third-order valence-electron chi connectivity index (χ3n) is 4.68. The smallest absolute Gasteiger partial charge is 0.193 e. The Kier molecular flexibility index (Phi) is 6.07. The highest BCUT2D eigenvalue weighted by molar-refractivity contribution is 5.92. The number of aliphatic imine (C=N–C) groups is 1. The fourth-order valence-corrected chi connectivity index (χ4v) is 3.08. The lowest BCUT2D eigenvalue weighted by Gasteiger charge is -2.34. The van der Waals surface area contributed by atoms with Crippen LogP contribution in [0.2, 0.25) is 0 Å². The average Bonchev–Trinajstić information content (AvgIpc) is 2.67. The van der Waals surface area contributed by atoms with Crippen LogP contribution < -0.4 is 16.0 Å². The van der Waals surface area contributed by atoms with Gasteiger partial charge in [0, 0.05) is 38.1 Å². The molecule has 0 atom stereocenters. The second-order valence-corrected chi connectivity index (χ2v) is 6.64. The Labute approximate surface area is 155 Å². The Morgan fingerprint density at radius 2 is 2.00 bits per heavy atom. The lowest BCUT2D eigenvalue weighted by Crippen LogP contribution is -2.46. The van der Waals surface area contributed by atoms with Gasteiger partial charge in [0.25, 0.3) is 0 Å². The van der Waals surface area contributed by atoms with E-state index in [4.69, 9.17) is 5.73 Å². The third kappa shape index (κ3) is 4.95. The van der Waals surface area contributed by atoms with Gasteiger partial charge in [-0.25, -0.2) is 9.98 Å². The van der Waals surface area contributed by atoms with Crippen LogP contribution in [-0.2, 0) is 6.54 Å². The molecule has 0 aliphatic carbocycles. The average molecular weight is 352 g/mol. The summed E-state index contributed by atoms with van der Waals surface area (Å²) >= 11 is 0. The number of anilines is 2. The van der Waals surface area contributed by atoms with E-state index in [-0.39, 0.29) is 0 Å². The minimum absolute atomic E-state index is 0.412. The maximum absolute atomic E-state index is 5.98. The first-order chi connectivity index (χ1) is 12.6. The van der Waals surface area contributed by atoms with Crippen LogP contribution in [0, 0.1) is 6.92 Å². The summed E-state index contributed by atoms with van der Waals surface area (Å²) in [6.45, 7) is 10.2. The molecule has 0 amide bonds. The van der Waals surface area contributed by atoms with E-state index in [0.717, 1.165) is 49.8 Å². The Hall–Kier alpha value is -2.60. The molecule has 26 heavy (non-hydrogen) atoms. The van der Waals surface area contributed by atoms with Crippen molar-refractivity contribution in [1.82, 2.24) is 9.88 Å². The van der Waals surface area contributed by atoms with Crippen molar-refractivity contribution in [3.8, 4) is 0 Å². The van der Waals surface area contributed by atoms with E-state index in [0.29, 0.717) is 12.5 Å². The van der Waals surface area contributed by atoms with Crippen LogP contribution in [0.25, 0.3) is 0 Å². The molecule has 1 saturated heterocycles. The molecule has 1 aliphatic rings. The van der Waals surface area contributed by atoms with Crippen LogP contribution in [0.3, 0.4) is 0 Å². The summed E-state index contributed by atoms with van der Waals surface area (Å²) in [7, 11) is 0. The number of aryl methyl sites for hydroxylation is 1. The molecule has 0 bridgehead atoms. The quantitative estimate of drug-likeness (QED) is 0.639. The van der Waals surface area contributed by atoms with Crippen molar-refractivity contribution in [3.63, 3.8) is 0 Å². The van der Waals surface area contributed by atoms with Gasteiger partial charge in [-0.2, -0.15) is 0 Å². The van der Waals surface area contributed by atoms with Crippen molar-refractivity contribution in [2.75, 3.05) is 42.9 Å². The molecular weight excluding hydrogens is 324 g/mol. The fourth-order valence-electron chi connectivity index (χ4n) is 3.08. The number of pyridine rings is 1. The first-order valence-electron chi connectivity index (χ1n) is 9.20. The van der Waals surface area contributed by atoms with Crippen LogP contribution in [0.15, 0.2) is 47.6 Å². The first kappa shape index (κ1) is 18.2. The topological polar surface area (TPSA) is 69.8 Å². The van der Waals surface area contributed by atoms with E-state index in [1.165, 1.54) is 5.56 Å². The van der Waals surface area contributed by atoms with E-state index in [2.05, 4.69) is 44.1 Å². The van der Waals surface area contributed by atoms with E-state index in [9.17, 15) is 0 Å². The van der Waals surface area contributed by atoms with Gasteiger partial charge in [0.15, 0.2) is 5.96 Å². The summed E-state index contributed by atoms with van der Waals surface area (Å²) in [4.78, 5) is 13.8. The Morgan fingerprint density at radius 3 is 2.65 bits per heavy atom. The van der Waals surface area contributed by atoms with Crippen LogP contribution in [0.5, 0.6) is 0 Å².